The van der Waals surface area contributed by atoms with Gasteiger partial charge in [-0.05, 0) is 13.3 Å². The summed E-state index contributed by atoms with van der Waals surface area (Å²) in [7, 11) is 0. The molecule has 5 nitrogen and oxygen atoms in total. The van der Waals surface area contributed by atoms with E-state index in [0.29, 0.717) is 13.0 Å². The topological polar surface area (TPSA) is 84.6 Å². The van der Waals surface area contributed by atoms with Crippen molar-refractivity contribution in [3.8, 4) is 0 Å². The molecule has 3 atom stereocenters. The zero-order valence-corrected chi connectivity index (χ0v) is 6.99. The van der Waals surface area contributed by atoms with Gasteiger partial charge < -0.3 is 20.9 Å². The van der Waals surface area contributed by atoms with Crippen LogP contribution in [-0.2, 0) is 4.74 Å². The molecule has 12 heavy (non-hydrogen) atoms. The first-order valence-corrected chi connectivity index (χ1v) is 3.96. The van der Waals surface area contributed by atoms with Gasteiger partial charge in [-0.15, -0.1) is 0 Å². The van der Waals surface area contributed by atoms with E-state index >= 15 is 0 Å². The van der Waals surface area contributed by atoms with Crippen molar-refractivity contribution in [2.75, 3.05) is 6.61 Å². The summed E-state index contributed by atoms with van der Waals surface area (Å²) in [4.78, 5) is 10.3. The van der Waals surface area contributed by atoms with Gasteiger partial charge in [0.25, 0.3) is 0 Å². The first kappa shape index (κ1) is 9.28. The summed E-state index contributed by atoms with van der Waals surface area (Å²) < 4.78 is 5.24. The maximum Gasteiger partial charge on any atom is 0.404 e. The van der Waals surface area contributed by atoms with Crippen molar-refractivity contribution in [1.82, 2.24) is 5.32 Å². The molecule has 0 aromatic rings. The van der Waals surface area contributed by atoms with Crippen LogP contribution in [0.4, 0.5) is 4.79 Å². The van der Waals surface area contributed by atoms with E-state index in [-0.39, 0.29) is 18.2 Å². The fraction of sp³-hybridized carbons (Fsp3) is 0.857. The number of hydrogen-bond donors (Lipinski definition) is 3. The molecule has 70 valence electrons. The van der Waals surface area contributed by atoms with Crippen LogP contribution in [0.25, 0.3) is 0 Å². The van der Waals surface area contributed by atoms with E-state index in [2.05, 4.69) is 5.32 Å². The normalized spacial score (nSPS) is 36.0. The van der Waals surface area contributed by atoms with Gasteiger partial charge in [-0.25, -0.2) is 4.79 Å². The molecular formula is C7H14N2O3. The molecule has 1 rings (SSSR count). The van der Waals surface area contributed by atoms with E-state index in [1.54, 1.807) is 0 Å². The zero-order chi connectivity index (χ0) is 9.14. The average Bonchev–Trinajstić information content (AvgIpc) is 1.96. The van der Waals surface area contributed by atoms with E-state index in [0.717, 1.165) is 0 Å². The fourth-order valence-corrected chi connectivity index (χ4v) is 1.32. The van der Waals surface area contributed by atoms with Gasteiger partial charge in [-0.1, -0.05) is 0 Å². The molecule has 0 spiro atoms. The van der Waals surface area contributed by atoms with Crippen LogP contribution in [-0.4, -0.2) is 36.0 Å². The number of nitrogens with one attached hydrogen (secondary N) is 1. The summed E-state index contributed by atoms with van der Waals surface area (Å²) in [5, 5.41) is 10.8. The van der Waals surface area contributed by atoms with Crippen molar-refractivity contribution in [2.24, 2.45) is 5.73 Å². The molecule has 0 saturated carbocycles. The van der Waals surface area contributed by atoms with Crippen molar-refractivity contribution in [3.05, 3.63) is 0 Å². The monoisotopic (exact) mass is 174 g/mol. The Morgan fingerprint density at radius 2 is 2.42 bits per heavy atom. The maximum absolute atomic E-state index is 10.3. The van der Waals surface area contributed by atoms with E-state index in [9.17, 15) is 4.79 Å². The molecule has 1 aliphatic rings. The van der Waals surface area contributed by atoms with Gasteiger partial charge in [0.05, 0.1) is 18.8 Å². The minimum Gasteiger partial charge on any atom is -0.465 e. The Labute approximate surface area is 70.9 Å². The number of nitrogens with two attached hydrogens (primary N) is 1. The molecule has 5 heteroatoms. The first-order chi connectivity index (χ1) is 5.59. The summed E-state index contributed by atoms with van der Waals surface area (Å²) in [5.41, 5.74) is 5.64. The third-order valence-corrected chi connectivity index (χ3v) is 1.98. The van der Waals surface area contributed by atoms with Crippen LogP contribution >= 0.6 is 0 Å². The number of rotatable bonds is 1. The van der Waals surface area contributed by atoms with Crippen molar-refractivity contribution in [2.45, 2.75) is 31.5 Å². The third kappa shape index (κ3) is 2.35. The molecule has 1 amide bonds. The number of carboxylic acid groups (broad SMARTS) is 1. The summed E-state index contributed by atoms with van der Waals surface area (Å²) >= 11 is 0. The number of ether oxygens (including phenoxy) is 1. The highest BCUT2D eigenvalue weighted by Gasteiger charge is 2.27. The van der Waals surface area contributed by atoms with Crippen molar-refractivity contribution < 1.29 is 14.6 Å². The van der Waals surface area contributed by atoms with Crippen LogP contribution in [0.5, 0.6) is 0 Å². The van der Waals surface area contributed by atoms with Gasteiger partial charge in [-0.3, -0.25) is 0 Å². The molecule has 0 aliphatic carbocycles. The highest BCUT2D eigenvalue weighted by atomic mass is 16.5. The largest absolute Gasteiger partial charge is 0.465 e. The number of carbonyl (C=O) groups is 1. The van der Waals surface area contributed by atoms with Crippen molar-refractivity contribution in [3.63, 3.8) is 0 Å². The van der Waals surface area contributed by atoms with E-state index < -0.39 is 6.09 Å². The molecule has 1 aliphatic heterocycles. The van der Waals surface area contributed by atoms with Gasteiger partial charge in [0.15, 0.2) is 0 Å². The Morgan fingerprint density at radius 1 is 1.75 bits per heavy atom. The summed E-state index contributed by atoms with van der Waals surface area (Å²) in [6, 6.07) is -0.399. The lowest BCUT2D eigenvalue weighted by atomic mass is 10.0. The Balaban J connectivity index is 2.43. The second kappa shape index (κ2) is 3.73. The Bertz CT molecular complexity index is 174. The second-order valence-electron chi connectivity index (χ2n) is 3.10. The Kier molecular flexibility index (Phi) is 2.88. The lowest BCUT2D eigenvalue weighted by Gasteiger charge is -2.32. The van der Waals surface area contributed by atoms with E-state index in [1.807, 2.05) is 6.92 Å². The van der Waals surface area contributed by atoms with Crippen LogP contribution in [0.3, 0.4) is 0 Å². The predicted octanol–water partition coefficient (Wildman–Crippen LogP) is -0.241. The van der Waals surface area contributed by atoms with Crippen LogP contribution in [0.15, 0.2) is 0 Å². The van der Waals surface area contributed by atoms with Gasteiger partial charge in [0.1, 0.15) is 0 Å². The molecule has 4 N–H and O–H groups in total. The molecule has 1 saturated heterocycles. The standard InChI is InChI=1S/C7H14N2O3/c1-4-2-6(9-7(10)11)5(8)3-12-4/h4-6,9H,2-3,8H2,1H3,(H,10,11)/t4-,5+,6-/m0/s1. The molecule has 0 bridgehead atoms. The number of amides is 1. The SMILES string of the molecule is C[C@H]1C[C@H](NC(=O)O)[C@H](N)CO1. The Morgan fingerprint density at radius 3 is 3.00 bits per heavy atom. The lowest BCUT2D eigenvalue weighted by Crippen LogP contribution is -2.54. The van der Waals surface area contributed by atoms with Crippen LogP contribution in [0.2, 0.25) is 0 Å². The lowest BCUT2D eigenvalue weighted by molar-refractivity contribution is 0.00187. The van der Waals surface area contributed by atoms with Gasteiger partial charge in [0, 0.05) is 6.04 Å². The highest BCUT2D eigenvalue weighted by molar-refractivity contribution is 5.65. The third-order valence-electron chi connectivity index (χ3n) is 1.98. The van der Waals surface area contributed by atoms with Crippen molar-refractivity contribution in [1.29, 1.82) is 0 Å². The van der Waals surface area contributed by atoms with Gasteiger partial charge >= 0.3 is 6.09 Å². The molecule has 0 aromatic carbocycles. The van der Waals surface area contributed by atoms with E-state index in [4.69, 9.17) is 15.6 Å². The molecule has 1 heterocycles. The van der Waals surface area contributed by atoms with Crippen LogP contribution in [0, 0.1) is 0 Å². The summed E-state index contributed by atoms with van der Waals surface area (Å²) in [5.74, 6) is 0. The predicted molar refractivity (Wildman–Crippen MR) is 43.0 cm³/mol. The van der Waals surface area contributed by atoms with Gasteiger partial charge in [0.2, 0.25) is 0 Å². The Hall–Kier alpha value is -0.810. The molecule has 0 aromatic heterocycles. The molecule has 0 radical (unpaired) electrons. The minimum atomic E-state index is -1.02. The number of hydrogen-bond acceptors (Lipinski definition) is 3. The summed E-state index contributed by atoms with van der Waals surface area (Å²) in [6.07, 6.45) is -0.292. The van der Waals surface area contributed by atoms with Gasteiger partial charge in [-0.2, -0.15) is 0 Å². The van der Waals surface area contributed by atoms with Crippen molar-refractivity contribution >= 4 is 6.09 Å². The van der Waals surface area contributed by atoms with Crippen LogP contribution < -0.4 is 11.1 Å². The molecule has 0 unspecified atom stereocenters. The maximum atomic E-state index is 10.3. The quantitative estimate of drug-likeness (QED) is 0.512. The smallest absolute Gasteiger partial charge is 0.404 e. The minimum absolute atomic E-state index is 0.0849. The average molecular weight is 174 g/mol. The molecule has 1 fully saturated rings. The second-order valence-corrected chi connectivity index (χ2v) is 3.10. The summed E-state index contributed by atoms with van der Waals surface area (Å²) in [6.45, 7) is 2.33. The zero-order valence-electron chi connectivity index (χ0n) is 6.99. The van der Waals surface area contributed by atoms with Crippen LogP contribution in [0.1, 0.15) is 13.3 Å². The highest BCUT2D eigenvalue weighted by Crippen LogP contribution is 2.12. The molecular weight excluding hydrogens is 160 g/mol. The fourth-order valence-electron chi connectivity index (χ4n) is 1.32. The van der Waals surface area contributed by atoms with E-state index in [1.165, 1.54) is 0 Å². The first-order valence-electron chi connectivity index (χ1n) is 3.96.